The van der Waals surface area contributed by atoms with Crippen LogP contribution in [0.1, 0.15) is 49.9 Å². The fraction of sp³-hybridized carbons (Fsp3) is 0.529. The van der Waals surface area contributed by atoms with Crippen molar-refractivity contribution >= 4 is 21.9 Å². The Morgan fingerprint density at radius 3 is 2.28 bits per heavy atom. The molecule has 0 saturated heterocycles. The lowest BCUT2D eigenvalue weighted by atomic mass is 10.2. The van der Waals surface area contributed by atoms with Crippen LogP contribution in [0.4, 0.5) is 0 Å². The summed E-state index contributed by atoms with van der Waals surface area (Å²) in [7, 11) is -3.56. The Labute approximate surface area is 148 Å². The first-order valence-electron chi connectivity index (χ1n) is 8.32. The third-order valence-electron chi connectivity index (χ3n) is 3.46. The number of aliphatic carboxylic acids is 1. The maximum Gasteiger partial charge on any atom is 0.303 e. The van der Waals surface area contributed by atoms with Crippen molar-refractivity contribution in [1.82, 2.24) is 10.0 Å². The van der Waals surface area contributed by atoms with E-state index in [1.54, 1.807) is 0 Å². The third kappa shape index (κ3) is 8.13. The molecular weight excluding hydrogens is 344 g/mol. The number of benzene rings is 1. The van der Waals surface area contributed by atoms with Crippen LogP contribution in [0.15, 0.2) is 29.2 Å². The molecule has 0 aliphatic carbocycles. The average Bonchev–Trinajstić information content (AvgIpc) is 2.56. The van der Waals surface area contributed by atoms with Gasteiger partial charge in [-0.3, -0.25) is 9.59 Å². The van der Waals surface area contributed by atoms with Gasteiger partial charge in [0, 0.05) is 25.1 Å². The molecule has 140 valence electrons. The quantitative estimate of drug-likeness (QED) is 0.516. The van der Waals surface area contributed by atoms with Crippen LogP contribution in [0, 0.1) is 5.92 Å². The zero-order valence-corrected chi connectivity index (χ0v) is 15.4. The number of hydrogen-bond acceptors (Lipinski definition) is 4. The van der Waals surface area contributed by atoms with E-state index in [4.69, 9.17) is 5.11 Å². The summed E-state index contributed by atoms with van der Waals surface area (Å²) in [4.78, 5) is 22.5. The number of carbonyl (C=O) groups excluding carboxylic acids is 1. The molecule has 0 aliphatic heterocycles. The van der Waals surface area contributed by atoms with Crippen LogP contribution in [0.25, 0.3) is 0 Å². The maximum atomic E-state index is 12.1. The minimum absolute atomic E-state index is 0.123. The predicted molar refractivity (Wildman–Crippen MR) is 94.9 cm³/mol. The molecule has 0 heterocycles. The minimum Gasteiger partial charge on any atom is -0.481 e. The first-order valence-corrected chi connectivity index (χ1v) is 9.80. The molecule has 0 fully saturated rings. The van der Waals surface area contributed by atoms with Gasteiger partial charge in [0.05, 0.1) is 4.90 Å². The van der Waals surface area contributed by atoms with Gasteiger partial charge in [-0.15, -0.1) is 0 Å². The van der Waals surface area contributed by atoms with Crippen LogP contribution in [0.5, 0.6) is 0 Å². The van der Waals surface area contributed by atoms with E-state index >= 15 is 0 Å². The number of carbonyl (C=O) groups is 2. The normalized spacial score (nSPS) is 11.5. The molecule has 0 unspecified atom stereocenters. The Morgan fingerprint density at radius 2 is 1.72 bits per heavy atom. The summed E-state index contributed by atoms with van der Waals surface area (Å²) in [5, 5.41) is 11.3. The summed E-state index contributed by atoms with van der Waals surface area (Å²) >= 11 is 0. The molecule has 7 nitrogen and oxygen atoms in total. The van der Waals surface area contributed by atoms with Crippen molar-refractivity contribution in [1.29, 1.82) is 0 Å². The van der Waals surface area contributed by atoms with Crippen molar-refractivity contribution in [3.63, 3.8) is 0 Å². The van der Waals surface area contributed by atoms with E-state index in [2.05, 4.69) is 10.0 Å². The highest BCUT2D eigenvalue weighted by molar-refractivity contribution is 7.89. The van der Waals surface area contributed by atoms with Gasteiger partial charge >= 0.3 is 5.97 Å². The smallest absolute Gasteiger partial charge is 0.303 e. The second-order valence-electron chi connectivity index (χ2n) is 6.23. The predicted octanol–water partition coefficient (Wildman–Crippen LogP) is 2.00. The molecule has 0 atom stereocenters. The van der Waals surface area contributed by atoms with E-state index in [-0.39, 0.29) is 23.1 Å². The van der Waals surface area contributed by atoms with Crippen LogP contribution in [0.2, 0.25) is 0 Å². The van der Waals surface area contributed by atoms with Gasteiger partial charge in [-0.05, 0) is 43.0 Å². The molecule has 1 aromatic rings. The van der Waals surface area contributed by atoms with E-state index in [9.17, 15) is 18.0 Å². The third-order valence-corrected chi connectivity index (χ3v) is 4.90. The van der Waals surface area contributed by atoms with Crippen molar-refractivity contribution in [2.75, 3.05) is 13.1 Å². The Morgan fingerprint density at radius 1 is 1.08 bits per heavy atom. The molecule has 0 bridgehead atoms. The molecule has 0 aromatic heterocycles. The summed E-state index contributed by atoms with van der Waals surface area (Å²) in [5.41, 5.74) is 0.383. The largest absolute Gasteiger partial charge is 0.481 e. The van der Waals surface area contributed by atoms with Gasteiger partial charge in [0.25, 0.3) is 5.91 Å². The lowest BCUT2D eigenvalue weighted by molar-refractivity contribution is -0.137. The van der Waals surface area contributed by atoms with Crippen LogP contribution in [0.3, 0.4) is 0 Å². The van der Waals surface area contributed by atoms with Crippen molar-refractivity contribution in [2.45, 2.75) is 44.4 Å². The number of carboxylic acid groups (broad SMARTS) is 1. The highest BCUT2D eigenvalue weighted by Crippen LogP contribution is 2.11. The van der Waals surface area contributed by atoms with Gasteiger partial charge in [0.15, 0.2) is 0 Å². The highest BCUT2D eigenvalue weighted by Gasteiger charge is 2.15. The summed E-state index contributed by atoms with van der Waals surface area (Å²) in [6.07, 6.45) is 2.14. The van der Waals surface area contributed by atoms with E-state index in [1.807, 2.05) is 13.8 Å². The minimum atomic E-state index is -3.56. The summed E-state index contributed by atoms with van der Waals surface area (Å²) in [6.45, 7) is 4.64. The first kappa shape index (κ1) is 21.1. The molecule has 0 radical (unpaired) electrons. The molecule has 1 amide bonds. The molecule has 0 spiro atoms. The molecule has 25 heavy (non-hydrogen) atoms. The van der Waals surface area contributed by atoms with Gasteiger partial charge in [0.1, 0.15) is 0 Å². The number of carboxylic acids is 1. The topological polar surface area (TPSA) is 113 Å². The van der Waals surface area contributed by atoms with Crippen molar-refractivity contribution < 1.29 is 23.1 Å². The second kappa shape index (κ2) is 10.1. The van der Waals surface area contributed by atoms with E-state index < -0.39 is 16.0 Å². The Balaban J connectivity index is 2.47. The van der Waals surface area contributed by atoms with Crippen LogP contribution in [-0.2, 0) is 14.8 Å². The lowest BCUT2D eigenvalue weighted by Gasteiger charge is -2.09. The van der Waals surface area contributed by atoms with Gasteiger partial charge in [-0.2, -0.15) is 0 Å². The summed E-state index contributed by atoms with van der Waals surface area (Å²) < 4.78 is 26.7. The van der Waals surface area contributed by atoms with Gasteiger partial charge < -0.3 is 10.4 Å². The number of sulfonamides is 1. The molecule has 8 heteroatoms. The fourth-order valence-electron chi connectivity index (χ4n) is 2.03. The average molecular weight is 370 g/mol. The summed E-state index contributed by atoms with van der Waals surface area (Å²) in [5.74, 6) is -0.894. The van der Waals surface area contributed by atoms with Crippen molar-refractivity contribution in [3.05, 3.63) is 29.8 Å². The molecule has 0 aliphatic rings. The Hall–Kier alpha value is -1.93. The van der Waals surface area contributed by atoms with Crippen LogP contribution < -0.4 is 10.0 Å². The van der Waals surface area contributed by atoms with E-state index in [1.165, 1.54) is 24.3 Å². The second-order valence-corrected chi connectivity index (χ2v) is 8.00. The number of unbranched alkanes of at least 4 members (excludes halogenated alkanes) is 2. The lowest BCUT2D eigenvalue weighted by Crippen LogP contribution is -2.28. The number of rotatable bonds is 11. The molecule has 1 aromatic carbocycles. The van der Waals surface area contributed by atoms with Crippen molar-refractivity contribution in [2.24, 2.45) is 5.92 Å². The monoisotopic (exact) mass is 370 g/mol. The number of amides is 1. The highest BCUT2D eigenvalue weighted by atomic mass is 32.2. The molecule has 3 N–H and O–H groups in total. The van der Waals surface area contributed by atoms with Crippen LogP contribution >= 0.6 is 0 Å². The maximum absolute atomic E-state index is 12.1. The fourth-order valence-corrected chi connectivity index (χ4v) is 3.24. The SMILES string of the molecule is CC(C)CNS(=O)(=O)c1ccc(C(=O)NCCCCCC(=O)O)cc1. The first-order chi connectivity index (χ1) is 11.7. The number of hydrogen-bond donors (Lipinski definition) is 3. The van der Waals surface area contributed by atoms with E-state index in [0.29, 0.717) is 31.5 Å². The van der Waals surface area contributed by atoms with Gasteiger partial charge in [-0.25, -0.2) is 13.1 Å². The van der Waals surface area contributed by atoms with Gasteiger partial charge in [-0.1, -0.05) is 20.3 Å². The van der Waals surface area contributed by atoms with Crippen molar-refractivity contribution in [3.8, 4) is 0 Å². The molecule has 1 rings (SSSR count). The Kier molecular flexibility index (Phi) is 8.57. The zero-order valence-electron chi connectivity index (χ0n) is 14.6. The van der Waals surface area contributed by atoms with Crippen LogP contribution in [-0.4, -0.2) is 38.5 Å². The summed E-state index contributed by atoms with van der Waals surface area (Å²) in [6, 6.07) is 5.77. The zero-order chi connectivity index (χ0) is 18.9. The van der Waals surface area contributed by atoms with Gasteiger partial charge in [0.2, 0.25) is 10.0 Å². The standard InChI is InChI=1S/C17H26N2O5S/c1-13(2)12-19-25(23,24)15-9-7-14(8-10-15)17(22)18-11-5-3-4-6-16(20)21/h7-10,13,19H,3-6,11-12H2,1-2H3,(H,18,22)(H,20,21). The number of nitrogens with one attached hydrogen (secondary N) is 2. The molecular formula is C17H26N2O5S. The Bertz CT molecular complexity index is 669. The molecule has 0 saturated carbocycles. The van der Waals surface area contributed by atoms with E-state index in [0.717, 1.165) is 6.42 Å².